The average Bonchev–Trinajstić information content (AvgIpc) is 3.04. The molecule has 1 aromatic heterocycles. The second-order valence-electron chi connectivity index (χ2n) is 7.69. The van der Waals surface area contributed by atoms with E-state index in [-0.39, 0.29) is 0 Å². The fraction of sp³-hybridized carbons (Fsp3) is 0.545. The molecule has 158 valence electrons. The average molecular weight is 399 g/mol. The number of aromatic nitrogens is 1. The number of aryl methyl sites for hydroxylation is 2. The van der Waals surface area contributed by atoms with E-state index < -0.39 is 0 Å². The highest BCUT2D eigenvalue weighted by molar-refractivity contribution is 5.79. The van der Waals surface area contributed by atoms with Crippen LogP contribution in [0.25, 0.3) is 0 Å². The highest BCUT2D eigenvalue weighted by Gasteiger charge is 2.13. The molecule has 1 aromatic carbocycles. The van der Waals surface area contributed by atoms with Crippen molar-refractivity contribution >= 4 is 5.96 Å². The predicted molar refractivity (Wildman–Crippen MR) is 117 cm³/mol. The molecule has 0 bridgehead atoms. The Bertz CT molecular complexity index is 771. The number of hydrogen-bond acceptors (Lipinski definition) is 5. The van der Waals surface area contributed by atoms with Crippen LogP contribution in [0.3, 0.4) is 0 Å². The largest absolute Gasteiger partial charge is 0.444 e. The Morgan fingerprint density at radius 3 is 2.38 bits per heavy atom. The summed E-state index contributed by atoms with van der Waals surface area (Å²) >= 11 is 0. The SMILES string of the molecule is CCNC(=NCc1ccc(CN2CCN(C)CC2)cc1)NCc1nc(C)c(C)o1. The lowest BCUT2D eigenvalue weighted by molar-refractivity contribution is 0.148. The van der Waals surface area contributed by atoms with Crippen LogP contribution >= 0.6 is 0 Å². The Hall–Kier alpha value is -2.38. The van der Waals surface area contributed by atoms with Crippen molar-refractivity contribution < 1.29 is 4.42 Å². The summed E-state index contributed by atoms with van der Waals surface area (Å²) in [6, 6.07) is 8.81. The van der Waals surface area contributed by atoms with Crippen molar-refractivity contribution in [1.29, 1.82) is 0 Å². The zero-order chi connectivity index (χ0) is 20.6. The van der Waals surface area contributed by atoms with Gasteiger partial charge in [0.1, 0.15) is 5.76 Å². The summed E-state index contributed by atoms with van der Waals surface area (Å²) in [6.07, 6.45) is 0. The molecule has 2 N–H and O–H groups in total. The molecule has 1 aliphatic rings. The number of likely N-dealkylation sites (N-methyl/N-ethyl adjacent to an activating group) is 1. The maximum Gasteiger partial charge on any atom is 0.214 e. The van der Waals surface area contributed by atoms with E-state index in [0.717, 1.165) is 56.7 Å². The predicted octanol–water partition coefficient (Wildman–Crippen LogP) is 2.29. The van der Waals surface area contributed by atoms with Crippen LogP contribution in [0.4, 0.5) is 0 Å². The minimum Gasteiger partial charge on any atom is -0.444 e. The van der Waals surface area contributed by atoms with E-state index in [4.69, 9.17) is 9.41 Å². The number of aliphatic imine (C=N–C) groups is 1. The van der Waals surface area contributed by atoms with Crippen LogP contribution < -0.4 is 10.6 Å². The third kappa shape index (κ3) is 6.58. The highest BCUT2D eigenvalue weighted by Crippen LogP contribution is 2.11. The Morgan fingerprint density at radius 1 is 1.07 bits per heavy atom. The number of hydrogen-bond donors (Lipinski definition) is 2. The standard InChI is InChI=1S/C22H34N6O/c1-5-23-22(25-15-21-26-17(2)18(3)29-21)24-14-19-6-8-20(9-7-19)16-28-12-10-27(4)11-13-28/h6-9H,5,10-16H2,1-4H3,(H2,23,24,25). The molecule has 0 radical (unpaired) electrons. The van der Waals surface area contributed by atoms with Crippen LogP contribution in [0.1, 0.15) is 35.4 Å². The maximum absolute atomic E-state index is 5.62. The molecule has 2 aromatic rings. The zero-order valence-corrected chi connectivity index (χ0v) is 18.2. The fourth-order valence-corrected chi connectivity index (χ4v) is 3.30. The minimum absolute atomic E-state index is 0.518. The highest BCUT2D eigenvalue weighted by atomic mass is 16.4. The summed E-state index contributed by atoms with van der Waals surface area (Å²) in [5, 5.41) is 6.56. The van der Waals surface area contributed by atoms with E-state index in [1.165, 1.54) is 11.1 Å². The van der Waals surface area contributed by atoms with Gasteiger partial charge in [-0.25, -0.2) is 9.98 Å². The van der Waals surface area contributed by atoms with E-state index in [9.17, 15) is 0 Å². The van der Waals surface area contributed by atoms with Crippen LogP contribution in [0.5, 0.6) is 0 Å². The number of guanidine groups is 1. The second-order valence-corrected chi connectivity index (χ2v) is 7.69. The molecule has 0 aliphatic carbocycles. The van der Waals surface area contributed by atoms with Crippen LogP contribution in [-0.2, 0) is 19.6 Å². The molecule has 0 spiro atoms. The number of nitrogens with one attached hydrogen (secondary N) is 2. The topological polar surface area (TPSA) is 68.9 Å². The number of benzene rings is 1. The summed E-state index contributed by atoms with van der Waals surface area (Å²) in [5.41, 5.74) is 3.49. The first-order valence-electron chi connectivity index (χ1n) is 10.5. The van der Waals surface area contributed by atoms with E-state index in [1.54, 1.807) is 0 Å². The Balaban J connectivity index is 1.51. The molecule has 0 saturated carbocycles. The summed E-state index contributed by atoms with van der Waals surface area (Å²) in [5.74, 6) is 2.31. The van der Waals surface area contributed by atoms with Crippen LogP contribution in [0.2, 0.25) is 0 Å². The van der Waals surface area contributed by atoms with Crippen molar-refractivity contribution in [2.45, 2.75) is 40.4 Å². The number of piperazine rings is 1. The molecule has 1 saturated heterocycles. The van der Waals surface area contributed by atoms with Gasteiger partial charge in [0.15, 0.2) is 5.96 Å². The molecule has 1 aliphatic heterocycles. The van der Waals surface area contributed by atoms with Gasteiger partial charge in [0, 0.05) is 39.3 Å². The Morgan fingerprint density at radius 2 is 1.76 bits per heavy atom. The Labute approximate surface area is 174 Å². The molecule has 2 heterocycles. The van der Waals surface area contributed by atoms with Crippen molar-refractivity contribution in [2.24, 2.45) is 4.99 Å². The lowest BCUT2D eigenvalue weighted by Crippen LogP contribution is -2.43. The summed E-state index contributed by atoms with van der Waals surface area (Å²) in [7, 11) is 2.19. The number of oxazole rings is 1. The van der Waals surface area contributed by atoms with Gasteiger partial charge in [-0.2, -0.15) is 0 Å². The molecule has 1 fully saturated rings. The van der Waals surface area contributed by atoms with E-state index in [0.29, 0.717) is 19.0 Å². The lowest BCUT2D eigenvalue weighted by Gasteiger charge is -2.32. The molecule has 0 unspecified atom stereocenters. The van der Waals surface area contributed by atoms with Crippen molar-refractivity contribution in [3.63, 3.8) is 0 Å². The van der Waals surface area contributed by atoms with Crippen molar-refractivity contribution in [1.82, 2.24) is 25.4 Å². The van der Waals surface area contributed by atoms with Crippen LogP contribution in [0, 0.1) is 13.8 Å². The first-order chi connectivity index (χ1) is 14.0. The van der Waals surface area contributed by atoms with Gasteiger partial charge in [-0.05, 0) is 38.9 Å². The quantitative estimate of drug-likeness (QED) is 0.551. The van der Waals surface area contributed by atoms with Gasteiger partial charge < -0.3 is 20.0 Å². The molecule has 0 amide bonds. The fourth-order valence-electron chi connectivity index (χ4n) is 3.30. The summed E-state index contributed by atoms with van der Waals surface area (Å²) in [4.78, 5) is 14.0. The lowest BCUT2D eigenvalue weighted by atomic mass is 10.1. The number of rotatable bonds is 7. The van der Waals surface area contributed by atoms with Gasteiger partial charge >= 0.3 is 0 Å². The molecule has 7 nitrogen and oxygen atoms in total. The third-order valence-corrected chi connectivity index (χ3v) is 5.27. The number of nitrogens with zero attached hydrogens (tertiary/aromatic N) is 4. The zero-order valence-electron chi connectivity index (χ0n) is 18.2. The normalized spacial score (nSPS) is 16.2. The van der Waals surface area contributed by atoms with E-state index >= 15 is 0 Å². The van der Waals surface area contributed by atoms with Crippen LogP contribution in [-0.4, -0.2) is 60.5 Å². The van der Waals surface area contributed by atoms with E-state index in [2.05, 4.69) is 63.7 Å². The van der Waals surface area contributed by atoms with Crippen molar-refractivity contribution in [3.8, 4) is 0 Å². The molecule has 3 rings (SSSR count). The van der Waals surface area contributed by atoms with Gasteiger partial charge in [-0.1, -0.05) is 24.3 Å². The van der Waals surface area contributed by atoms with Crippen molar-refractivity contribution in [2.75, 3.05) is 39.8 Å². The summed E-state index contributed by atoms with van der Waals surface area (Å²) < 4.78 is 5.62. The Kier molecular flexibility index (Phi) is 7.66. The second kappa shape index (κ2) is 10.4. The van der Waals surface area contributed by atoms with Gasteiger partial charge in [0.05, 0.1) is 18.8 Å². The molecular weight excluding hydrogens is 364 g/mol. The van der Waals surface area contributed by atoms with Gasteiger partial charge in [0.2, 0.25) is 5.89 Å². The summed E-state index contributed by atoms with van der Waals surface area (Å²) in [6.45, 7) is 13.5. The van der Waals surface area contributed by atoms with Gasteiger partial charge in [-0.15, -0.1) is 0 Å². The smallest absolute Gasteiger partial charge is 0.214 e. The molecule has 29 heavy (non-hydrogen) atoms. The molecular formula is C22H34N6O. The van der Waals surface area contributed by atoms with E-state index in [1.807, 2.05) is 13.8 Å². The molecule has 0 atom stereocenters. The van der Waals surface area contributed by atoms with Crippen molar-refractivity contribution in [3.05, 3.63) is 52.7 Å². The molecule has 7 heteroatoms. The minimum atomic E-state index is 0.518. The first kappa shape index (κ1) is 21.3. The first-order valence-corrected chi connectivity index (χ1v) is 10.5. The third-order valence-electron chi connectivity index (χ3n) is 5.27. The van der Waals surface area contributed by atoms with Crippen LogP contribution in [0.15, 0.2) is 33.7 Å². The van der Waals surface area contributed by atoms with Gasteiger partial charge in [-0.3, -0.25) is 4.90 Å². The maximum atomic E-state index is 5.62. The van der Waals surface area contributed by atoms with Gasteiger partial charge in [0.25, 0.3) is 0 Å². The monoisotopic (exact) mass is 398 g/mol.